The molecule has 0 radical (unpaired) electrons. The van der Waals surface area contributed by atoms with Gasteiger partial charge in [-0.2, -0.15) is 13.2 Å². The zero-order chi connectivity index (χ0) is 13.9. The van der Waals surface area contributed by atoms with Crippen LogP contribution in [-0.4, -0.2) is 29.1 Å². The summed E-state index contributed by atoms with van der Waals surface area (Å²) < 4.78 is 42.5. The lowest BCUT2D eigenvalue weighted by atomic mass is 10.4. The van der Waals surface area contributed by atoms with Crippen molar-refractivity contribution in [3.63, 3.8) is 0 Å². The molecule has 0 N–H and O–H groups in total. The van der Waals surface area contributed by atoms with E-state index in [1.165, 1.54) is 16.2 Å². The van der Waals surface area contributed by atoms with Gasteiger partial charge in [-0.25, -0.2) is 4.98 Å². The second-order valence-electron chi connectivity index (χ2n) is 4.01. The average Bonchev–Trinajstić information content (AvgIpc) is 2.95. The third-order valence-electron chi connectivity index (χ3n) is 2.53. The molecule has 2 heterocycles. The minimum atomic E-state index is -4.21. The Bertz CT molecular complexity index is 507. The Morgan fingerprint density at radius 2 is 2.21 bits per heavy atom. The Kier molecular flexibility index (Phi) is 4.26. The highest BCUT2D eigenvalue weighted by molar-refractivity contribution is 7.13. The van der Waals surface area contributed by atoms with E-state index in [9.17, 15) is 13.2 Å². The Morgan fingerprint density at radius 3 is 2.79 bits per heavy atom. The molecule has 3 nitrogen and oxygen atoms in total. The molecule has 0 saturated carbocycles. The van der Waals surface area contributed by atoms with Crippen LogP contribution < -0.4 is 0 Å². The molecule has 0 aliphatic rings. The minimum Gasteiger partial charge on any atom is -0.438 e. The highest BCUT2D eigenvalue weighted by Crippen LogP contribution is 2.26. The first kappa shape index (κ1) is 14.1. The van der Waals surface area contributed by atoms with Crippen LogP contribution in [0.5, 0.6) is 0 Å². The zero-order valence-corrected chi connectivity index (χ0v) is 11.1. The molecule has 0 atom stereocenters. The largest absolute Gasteiger partial charge is 0.438 e. The Morgan fingerprint density at radius 1 is 1.42 bits per heavy atom. The molecule has 0 aliphatic carbocycles. The standard InChI is InChI=1S/C12H13F3N2OS/c1-2-17(8-12(13,14)15)7-11-16-6-9(18-11)10-4-3-5-19-10/h3-6H,2,7-8H2,1H3. The van der Waals surface area contributed by atoms with Crippen molar-refractivity contribution in [2.45, 2.75) is 19.6 Å². The monoisotopic (exact) mass is 290 g/mol. The van der Waals surface area contributed by atoms with E-state index in [4.69, 9.17) is 4.42 Å². The number of aromatic nitrogens is 1. The molecule has 2 aromatic rings. The first-order valence-electron chi connectivity index (χ1n) is 5.75. The van der Waals surface area contributed by atoms with Crippen LogP contribution in [0.1, 0.15) is 12.8 Å². The number of oxazole rings is 1. The van der Waals surface area contributed by atoms with Crippen molar-refractivity contribution in [2.24, 2.45) is 0 Å². The van der Waals surface area contributed by atoms with E-state index < -0.39 is 12.7 Å². The number of halogens is 3. The van der Waals surface area contributed by atoms with E-state index in [1.54, 1.807) is 13.1 Å². The third-order valence-corrected chi connectivity index (χ3v) is 3.41. The van der Waals surface area contributed by atoms with Crippen LogP contribution in [0, 0.1) is 0 Å². The van der Waals surface area contributed by atoms with Gasteiger partial charge in [0.1, 0.15) is 0 Å². The molecule has 19 heavy (non-hydrogen) atoms. The summed E-state index contributed by atoms with van der Waals surface area (Å²) in [6, 6.07) is 3.76. The summed E-state index contributed by atoms with van der Waals surface area (Å²) in [6.45, 7) is 1.06. The number of alkyl halides is 3. The number of rotatable bonds is 5. The highest BCUT2D eigenvalue weighted by atomic mass is 32.1. The van der Waals surface area contributed by atoms with Crippen molar-refractivity contribution in [1.82, 2.24) is 9.88 Å². The van der Waals surface area contributed by atoms with Gasteiger partial charge in [-0.3, -0.25) is 4.90 Å². The van der Waals surface area contributed by atoms with Gasteiger partial charge in [-0.05, 0) is 18.0 Å². The molecular weight excluding hydrogens is 277 g/mol. The van der Waals surface area contributed by atoms with E-state index in [1.807, 2.05) is 17.5 Å². The van der Waals surface area contributed by atoms with Crippen LogP contribution in [0.4, 0.5) is 13.2 Å². The van der Waals surface area contributed by atoms with E-state index in [2.05, 4.69) is 4.98 Å². The molecule has 0 aliphatic heterocycles. The van der Waals surface area contributed by atoms with Gasteiger partial charge in [0.25, 0.3) is 0 Å². The molecule has 104 valence electrons. The van der Waals surface area contributed by atoms with Gasteiger partial charge in [0.15, 0.2) is 5.76 Å². The molecule has 0 spiro atoms. The summed E-state index contributed by atoms with van der Waals surface area (Å²) in [5.74, 6) is 0.891. The molecule has 0 fully saturated rings. The molecular formula is C12H13F3N2OS. The van der Waals surface area contributed by atoms with Gasteiger partial charge < -0.3 is 4.42 Å². The number of nitrogens with zero attached hydrogens (tertiary/aromatic N) is 2. The number of thiophene rings is 1. The maximum Gasteiger partial charge on any atom is 0.401 e. The lowest BCUT2D eigenvalue weighted by Gasteiger charge is -2.19. The smallest absolute Gasteiger partial charge is 0.401 e. The quantitative estimate of drug-likeness (QED) is 0.839. The lowest BCUT2D eigenvalue weighted by Crippen LogP contribution is -2.33. The van der Waals surface area contributed by atoms with Crippen molar-refractivity contribution in [3.8, 4) is 10.6 Å². The SMILES string of the molecule is CCN(Cc1ncc(-c2cccs2)o1)CC(F)(F)F. The fourth-order valence-electron chi connectivity index (χ4n) is 1.64. The number of hydrogen-bond acceptors (Lipinski definition) is 4. The maximum absolute atomic E-state index is 12.3. The minimum absolute atomic E-state index is 0.0569. The molecule has 0 bridgehead atoms. The zero-order valence-electron chi connectivity index (χ0n) is 10.3. The highest BCUT2D eigenvalue weighted by Gasteiger charge is 2.30. The first-order chi connectivity index (χ1) is 8.98. The summed E-state index contributed by atoms with van der Waals surface area (Å²) in [5, 5.41) is 1.90. The predicted octanol–water partition coefficient (Wildman–Crippen LogP) is 3.79. The van der Waals surface area contributed by atoms with Crippen molar-refractivity contribution >= 4 is 11.3 Å². The van der Waals surface area contributed by atoms with E-state index in [0.29, 0.717) is 11.7 Å². The van der Waals surface area contributed by atoms with Crippen LogP contribution in [0.3, 0.4) is 0 Å². The van der Waals surface area contributed by atoms with E-state index in [0.717, 1.165) is 4.88 Å². The molecule has 0 aromatic carbocycles. The average molecular weight is 290 g/mol. The Labute approximate surface area is 112 Å². The fraction of sp³-hybridized carbons (Fsp3) is 0.417. The van der Waals surface area contributed by atoms with Gasteiger partial charge in [-0.1, -0.05) is 13.0 Å². The summed E-state index contributed by atoms with van der Waals surface area (Å²) in [7, 11) is 0. The van der Waals surface area contributed by atoms with Crippen molar-refractivity contribution in [1.29, 1.82) is 0 Å². The maximum atomic E-state index is 12.3. The van der Waals surface area contributed by atoms with E-state index in [-0.39, 0.29) is 13.1 Å². The Balaban J connectivity index is 2.03. The fourth-order valence-corrected chi connectivity index (χ4v) is 2.31. The lowest BCUT2D eigenvalue weighted by molar-refractivity contribution is -0.147. The summed E-state index contributed by atoms with van der Waals surface area (Å²) in [6.07, 6.45) is -2.66. The molecule has 2 aromatic heterocycles. The Hall–Kier alpha value is -1.34. The van der Waals surface area contributed by atoms with Crippen LogP contribution in [0.25, 0.3) is 10.6 Å². The second-order valence-corrected chi connectivity index (χ2v) is 4.96. The second kappa shape index (κ2) is 5.75. The summed E-state index contributed by atoms with van der Waals surface area (Å²) >= 11 is 1.50. The van der Waals surface area contributed by atoms with E-state index >= 15 is 0 Å². The van der Waals surface area contributed by atoms with Crippen LogP contribution >= 0.6 is 11.3 Å². The third kappa shape index (κ3) is 4.07. The van der Waals surface area contributed by atoms with Gasteiger partial charge in [0.05, 0.1) is 24.2 Å². The van der Waals surface area contributed by atoms with Crippen molar-refractivity contribution in [3.05, 3.63) is 29.6 Å². The van der Waals surface area contributed by atoms with Crippen molar-refractivity contribution in [2.75, 3.05) is 13.1 Å². The molecule has 2 rings (SSSR count). The van der Waals surface area contributed by atoms with Crippen LogP contribution in [-0.2, 0) is 6.54 Å². The van der Waals surface area contributed by atoms with Gasteiger partial charge in [0, 0.05) is 0 Å². The van der Waals surface area contributed by atoms with Gasteiger partial charge in [-0.15, -0.1) is 11.3 Å². The molecule has 0 amide bonds. The van der Waals surface area contributed by atoms with Gasteiger partial charge in [0.2, 0.25) is 5.89 Å². The number of hydrogen-bond donors (Lipinski definition) is 0. The molecule has 0 unspecified atom stereocenters. The summed E-state index contributed by atoms with van der Waals surface area (Å²) in [5.41, 5.74) is 0. The van der Waals surface area contributed by atoms with Crippen LogP contribution in [0.2, 0.25) is 0 Å². The van der Waals surface area contributed by atoms with Crippen LogP contribution in [0.15, 0.2) is 28.1 Å². The predicted molar refractivity (Wildman–Crippen MR) is 66.8 cm³/mol. The normalized spacial score (nSPS) is 12.3. The first-order valence-corrected chi connectivity index (χ1v) is 6.63. The summed E-state index contributed by atoms with van der Waals surface area (Å²) in [4.78, 5) is 6.18. The molecule has 7 heteroatoms. The molecule has 0 saturated heterocycles. The van der Waals surface area contributed by atoms with Crippen molar-refractivity contribution < 1.29 is 17.6 Å². The van der Waals surface area contributed by atoms with Gasteiger partial charge >= 0.3 is 6.18 Å². The topological polar surface area (TPSA) is 29.3 Å².